The molecule has 0 aromatic heterocycles. The van der Waals surface area contributed by atoms with Crippen molar-refractivity contribution in [2.45, 2.75) is 37.8 Å². The van der Waals surface area contributed by atoms with Gasteiger partial charge in [0.1, 0.15) is 12.6 Å². The van der Waals surface area contributed by atoms with Gasteiger partial charge in [-0.05, 0) is 61.4 Å². The molecule has 42 heavy (non-hydrogen) atoms. The molecule has 0 fully saturated rings. The lowest BCUT2D eigenvalue weighted by Gasteiger charge is -2.33. The van der Waals surface area contributed by atoms with Gasteiger partial charge in [-0.3, -0.25) is 13.9 Å². The van der Waals surface area contributed by atoms with Crippen molar-refractivity contribution in [2.75, 3.05) is 17.9 Å². The SMILES string of the molecule is CNC(=O)[C@H](Cc1ccccc1)N(Cc1cccc(C)c1)C(=O)CN(c1ccc(Cl)cc1)S(=O)(=O)c1ccc(C)cc1. The Labute approximate surface area is 252 Å². The van der Waals surface area contributed by atoms with Gasteiger partial charge in [-0.2, -0.15) is 0 Å². The molecule has 2 amide bonds. The normalized spacial score (nSPS) is 11.9. The van der Waals surface area contributed by atoms with E-state index >= 15 is 0 Å². The number of aryl methyl sites for hydroxylation is 2. The number of anilines is 1. The van der Waals surface area contributed by atoms with Gasteiger partial charge < -0.3 is 10.2 Å². The summed E-state index contributed by atoms with van der Waals surface area (Å²) in [5.41, 5.74) is 3.88. The van der Waals surface area contributed by atoms with Crippen LogP contribution in [0.15, 0.2) is 108 Å². The van der Waals surface area contributed by atoms with E-state index in [1.165, 1.54) is 24.1 Å². The molecule has 0 aliphatic carbocycles. The second kappa shape index (κ2) is 13.7. The van der Waals surface area contributed by atoms with E-state index in [9.17, 15) is 18.0 Å². The number of sulfonamides is 1. The zero-order valence-electron chi connectivity index (χ0n) is 23.8. The largest absolute Gasteiger partial charge is 0.357 e. The number of likely N-dealkylation sites (N-methyl/N-ethyl adjacent to an activating group) is 1. The predicted octanol–water partition coefficient (Wildman–Crippen LogP) is 5.54. The molecule has 0 radical (unpaired) electrons. The summed E-state index contributed by atoms with van der Waals surface area (Å²) in [7, 11) is -2.63. The first kappa shape index (κ1) is 30.8. The van der Waals surface area contributed by atoms with E-state index in [1.807, 2.05) is 68.4 Å². The first-order valence-corrected chi connectivity index (χ1v) is 15.4. The number of benzene rings is 4. The van der Waals surface area contributed by atoms with E-state index < -0.39 is 28.5 Å². The summed E-state index contributed by atoms with van der Waals surface area (Å²) in [5, 5.41) is 3.12. The average Bonchev–Trinajstić information content (AvgIpc) is 2.98. The van der Waals surface area contributed by atoms with Crippen LogP contribution in [0.5, 0.6) is 0 Å². The highest BCUT2D eigenvalue weighted by Gasteiger charge is 2.34. The molecule has 1 N–H and O–H groups in total. The van der Waals surface area contributed by atoms with Crippen molar-refractivity contribution in [2.24, 2.45) is 0 Å². The minimum atomic E-state index is -4.16. The number of carbonyl (C=O) groups is 2. The molecule has 0 saturated carbocycles. The molecule has 0 aliphatic heterocycles. The first-order valence-electron chi connectivity index (χ1n) is 13.5. The Morgan fingerprint density at radius 1 is 0.810 bits per heavy atom. The predicted molar refractivity (Wildman–Crippen MR) is 167 cm³/mol. The number of halogens is 1. The van der Waals surface area contributed by atoms with E-state index in [2.05, 4.69) is 5.32 Å². The lowest BCUT2D eigenvalue weighted by Crippen LogP contribution is -2.53. The number of amides is 2. The molecule has 0 spiro atoms. The Morgan fingerprint density at radius 3 is 2.07 bits per heavy atom. The van der Waals surface area contributed by atoms with Crippen molar-refractivity contribution in [3.63, 3.8) is 0 Å². The highest BCUT2D eigenvalue weighted by Crippen LogP contribution is 2.26. The van der Waals surface area contributed by atoms with Gasteiger partial charge in [0.05, 0.1) is 10.6 Å². The molecule has 7 nitrogen and oxygen atoms in total. The topological polar surface area (TPSA) is 86.8 Å². The maximum absolute atomic E-state index is 14.3. The van der Waals surface area contributed by atoms with Crippen LogP contribution < -0.4 is 9.62 Å². The molecule has 4 aromatic rings. The second-order valence-electron chi connectivity index (χ2n) is 10.1. The molecule has 4 aromatic carbocycles. The zero-order valence-corrected chi connectivity index (χ0v) is 25.4. The lowest BCUT2D eigenvalue weighted by molar-refractivity contribution is -0.139. The Hall–Kier alpha value is -4.14. The third-order valence-corrected chi connectivity index (χ3v) is 9.00. The van der Waals surface area contributed by atoms with Gasteiger partial charge in [0, 0.05) is 25.0 Å². The maximum Gasteiger partial charge on any atom is 0.264 e. The molecule has 0 bridgehead atoms. The van der Waals surface area contributed by atoms with Gasteiger partial charge in [-0.15, -0.1) is 0 Å². The van der Waals surface area contributed by atoms with Crippen LogP contribution in [0, 0.1) is 13.8 Å². The van der Waals surface area contributed by atoms with Crippen LogP contribution in [-0.4, -0.2) is 44.8 Å². The molecule has 1 atom stereocenters. The maximum atomic E-state index is 14.3. The van der Waals surface area contributed by atoms with E-state index in [1.54, 1.807) is 36.4 Å². The van der Waals surface area contributed by atoms with Crippen LogP contribution in [-0.2, 0) is 32.6 Å². The molecule has 0 heterocycles. The fourth-order valence-electron chi connectivity index (χ4n) is 4.70. The van der Waals surface area contributed by atoms with Crippen LogP contribution in [0.3, 0.4) is 0 Å². The van der Waals surface area contributed by atoms with Crippen LogP contribution >= 0.6 is 11.6 Å². The average molecular weight is 604 g/mol. The van der Waals surface area contributed by atoms with Crippen LogP contribution in [0.4, 0.5) is 5.69 Å². The van der Waals surface area contributed by atoms with Crippen LogP contribution in [0.2, 0.25) is 5.02 Å². The van der Waals surface area contributed by atoms with E-state index in [0.29, 0.717) is 5.02 Å². The van der Waals surface area contributed by atoms with Crippen LogP contribution in [0.1, 0.15) is 22.3 Å². The minimum absolute atomic E-state index is 0.0493. The van der Waals surface area contributed by atoms with Crippen molar-refractivity contribution < 1.29 is 18.0 Å². The van der Waals surface area contributed by atoms with Gasteiger partial charge in [0.25, 0.3) is 10.0 Å². The third-order valence-electron chi connectivity index (χ3n) is 6.96. The molecule has 218 valence electrons. The number of nitrogens with one attached hydrogen (secondary N) is 1. The molecule has 0 saturated heterocycles. The van der Waals surface area contributed by atoms with Crippen molar-refractivity contribution >= 4 is 39.1 Å². The fraction of sp³-hybridized carbons (Fsp3) is 0.212. The van der Waals surface area contributed by atoms with Crippen molar-refractivity contribution in [3.8, 4) is 0 Å². The quantitative estimate of drug-likeness (QED) is 0.244. The Balaban J connectivity index is 1.78. The van der Waals surface area contributed by atoms with Crippen LogP contribution in [0.25, 0.3) is 0 Å². The summed E-state index contributed by atoms with van der Waals surface area (Å²) in [6.07, 6.45) is 0.254. The number of hydrogen-bond donors (Lipinski definition) is 1. The van der Waals surface area contributed by atoms with Gasteiger partial charge in [0.15, 0.2) is 0 Å². The molecular weight excluding hydrogens is 570 g/mol. The zero-order chi connectivity index (χ0) is 30.3. The standard InChI is InChI=1S/C33H34ClN3O4S/c1-24-12-18-30(19-13-24)42(40,41)37(29-16-14-28(34)15-17-29)23-32(38)36(22-27-11-7-8-25(2)20-27)31(33(39)35-3)21-26-9-5-4-6-10-26/h4-20,31H,21-23H2,1-3H3,(H,35,39)/t31-/m0/s1. The first-order chi connectivity index (χ1) is 20.1. The monoisotopic (exact) mass is 603 g/mol. The highest BCUT2D eigenvalue weighted by molar-refractivity contribution is 7.92. The summed E-state index contributed by atoms with van der Waals surface area (Å²) in [5.74, 6) is -0.869. The summed E-state index contributed by atoms with van der Waals surface area (Å²) in [6.45, 7) is 3.41. The molecule has 0 unspecified atom stereocenters. The number of hydrogen-bond acceptors (Lipinski definition) is 4. The van der Waals surface area contributed by atoms with Gasteiger partial charge in [-0.1, -0.05) is 89.5 Å². The minimum Gasteiger partial charge on any atom is -0.357 e. The van der Waals surface area contributed by atoms with Gasteiger partial charge >= 0.3 is 0 Å². The number of nitrogens with zero attached hydrogens (tertiary/aromatic N) is 2. The summed E-state index contributed by atoms with van der Waals surface area (Å²) in [4.78, 5) is 29.1. The smallest absolute Gasteiger partial charge is 0.264 e. The third kappa shape index (κ3) is 7.57. The second-order valence-corrected chi connectivity index (χ2v) is 12.4. The number of rotatable bonds is 11. The Morgan fingerprint density at radius 2 is 1.45 bits per heavy atom. The molecule has 4 rings (SSSR count). The van der Waals surface area contributed by atoms with E-state index in [4.69, 9.17) is 11.6 Å². The molecular formula is C33H34ClN3O4S. The van der Waals surface area contributed by atoms with E-state index in [-0.39, 0.29) is 29.5 Å². The highest BCUT2D eigenvalue weighted by atomic mass is 35.5. The van der Waals surface area contributed by atoms with Crippen molar-refractivity contribution in [1.82, 2.24) is 10.2 Å². The van der Waals surface area contributed by atoms with Gasteiger partial charge in [-0.25, -0.2) is 8.42 Å². The Kier molecular flexibility index (Phi) is 10.0. The summed E-state index contributed by atoms with van der Waals surface area (Å²) >= 11 is 6.11. The molecule has 0 aliphatic rings. The molecule has 9 heteroatoms. The summed E-state index contributed by atoms with van der Waals surface area (Å²) < 4.78 is 29.0. The van der Waals surface area contributed by atoms with Gasteiger partial charge in [0.2, 0.25) is 11.8 Å². The lowest BCUT2D eigenvalue weighted by atomic mass is 10.0. The fourth-order valence-corrected chi connectivity index (χ4v) is 6.24. The number of carbonyl (C=O) groups excluding carboxylic acids is 2. The Bertz CT molecular complexity index is 1630. The summed E-state index contributed by atoms with van der Waals surface area (Å²) in [6, 6.07) is 28.9. The van der Waals surface area contributed by atoms with Crippen molar-refractivity contribution in [3.05, 3.63) is 130 Å². The van der Waals surface area contributed by atoms with Crippen molar-refractivity contribution in [1.29, 1.82) is 0 Å². The van der Waals surface area contributed by atoms with E-state index in [0.717, 1.165) is 26.6 Å².